The van der Waals surface area contributed by atoms with Gasteiger partial charge >= 0.3 is 0 Å². The van der Waals surface area contributed by atoms with Gasteiger partial charge in [-0.25, -0.2) is 0 Å². The number of nitrogens with zero attached hydrogens (tertiary/aromatic N) is 1. The summed E-state index contributed by atoms with van der Waals surface area (Å²) in [4.78, 5) is 2.71. The van der Waals surface area contributed by atoms with Crippen molar-refractivity contribution in [3.05, 3.63) is 29.3 Å². The lowest BCUT2D eigenvalue weighted by Crippen LogP contribution is -2.55. The van der Waals surface area contributed by atoms with E-state index in [-0.39, 0.29) is 17.8 Å². The number of likely N-dealkylation sites (tertiary alicyclic amines) is 1. The number of phenolic OH excluding ortho intramolecular Hbond substituents is 1. The van der Waals surface area contributed by atoms with Crippen LogP contribution < -0.4 is 0 Å². The van der Waals surface area contributed by atoms with Crippen LogP contribution in [0.25, 0.3) is 0 Å². The lowest BCUT2D eigenvalue weighted by molar-refractivity contribution is 0.0442. The van der Waals surface area contributed by atoms with E-state index >= 15 is 0 Å². The first-order valence-electron chi connectivity index (χ1n) is 8.10. The number of benzene rings is 1. The van der Waals surface area contributed by atoms with E-state index in [0.29, 0.717) is 11.8 Å². The highest BCUT2D eigenvalue weighted by atomic mass is 35.5. The van der Waals surface area contributed by atoms with Crippen LogP contribution in [0.4, 0.5) is 0 Å². The van der Waals surface area contributed by atoms with Gasteiger partial charge in [-0.3, -0.25) is 4.90 Å². The number of phenols is 1. The fraction of sp³-hybridized carbons (Fsp3) is 0.667. The largest absolute Gasteiger partial charge is 0.508 e. The third-order valence-electron chi connectivity index (χ3n) is 5.55. The van der Waals surface area contributed by atoms with Crippen molar-refractivity contribution < 1.29 is 5.11 Å². The van der Waals surface area contributed by atoms with Gasteiger partial charge in [-0.2, -0.15) is 0 Å². The summed E-state index contributed by atoms with van der Waals surface area (Å²) in [5, 5.41) is 9.84. The summed E-state index contributed by atoms with van der Waals surface area (Å²) >= 11 is 0. The number of aromatic hydroxyl groups is 1. The third-order valence-corrected chi connectivity index (χ3v) is 5.55. The van der Waals surface area contributed by atoms with Crippen molar-refractivity contribution in [1.82, 2.24) is 4.90 Å². The molecule has 2 atom stereocenters. The zero-order valence-electron chi connectivity index (χ0n) is 13.4. The summed E-state index contributed by atoms with van der Waals surface area (Å²) in [6.07, 6.45) is 5.04. The summed E-state index contributed by atoms with van der Waals surface area (Å²) in [6.45, 7) is 9.52. The highest BCUT2D eigenvalue weighted by Gasteiger charge is 2.45. The summed E-state index contributed by atoms with van der Waals surface area (Å²) < 4.78 is 0. The molecule has 1 N–H and O–H groups in total. The van der Waals surface area contributed by atoms with Crippen molar-refractivity contribution in [3.63, 3.8) is 0 Å². The Morgan fingerprint density at radius 2 is 2.10 bits per heavy atom. The van der Waals surface area contributed by atoms with E-state index in [0.717, 1.165) is 12.3 Å². The molecule has 0 aromatic heterocycles. The Kier molecular flexibility index (Phi) is 4.89. The van der Waals surface area contributed by atoms with Crippen LogP contribution in [0.2, 0.25) is 0 Å². The normalized spacial score (nSPS) is 27.4. The van der Waals surface area contributed by atoms with E-state index < -0.39 is 0 Å². The molecule has 1 fully saturated rings. The van der Waals surface area contributed by atoms with Crippen LogP contribution in [0.15, 0.2) is 18.2 Å². The smallest absolute Gasteiger partial charge is 0.115 e. The zero-order valence-corrected chi connectivity index (χ0v) is 14.2. The van der Waals surface area contributed by atoms with Crippen molar-refractivity contribution >= 4 is 12.4 Å². The van der Waals surface area contributed by atoms with Gasteiger partial charge in [-0.15, -0.1) is 12.4 Å². The van der Waals surface area contributed by atoms with Crippen molar-refractivity contribution in [2.24, 2.45) is 5.92 Å². The molecule has 0 radical (unpaired) electrons. The molecule has 0 spiro atoms. The first kappa shape index (κ1) is 16.6. The Bertz CT molecular complexity index is 498. The van der Waals surface area contributed by atoms with Crippen LogP contribution >= 0.6 is 12.4 Å². The second-order valence-electron chi connectivity index (χ2n) is 7.12. The molecular weight excluding hydrogens is 282 g/mol. The SMILES string of the molecule is CCCN1CCC[C@@H]2[C@@H]1Cc1ccc(O)cc1C2(C)C.Cl. The second kappa shape index (κ2) is 6.18. The fourth-order valence-electron chi connectivity index (χ4n) is 4.57. The van der Waals surface area contributed by atoms with Gasteiger partial charge in [0.2, 0.25) is 0 Å². The maximum atomic E-state index is 9.84. The lowest BCUT2D eigenvalue weighted by Gasteiger charge is -2.52. The molecule has 1 heterocycles. The Labute approximate surface area is 135 Å². The van der Waals surface area contributed by atoms with Gasteiger partial charge in [-0.1, -0.05) is 26.8 Å². The molecule has 3 rings (SSSR count). The van der Waals surface area contributed by atoms with Gasteiger partial charge in [0.1, 0.15) is 5.75 Å². The first-order chi connectivity index (χ1) is 9.54. The maximum Gasteiger partial charge on any atom is 0.115 e. The quantitative estimate of drug-likeness (QED) is 0.887. The minimum absolute atomic E-state index is 0. The van der Waals surface area contributed by atoms with E-state index in [1.807, 2.05) is 12.1 Å². The van der Waals surface area contributed by atoms with Crippen LogP contribution in [0.1, 0.15) is 51.2 Å². The number of piperidine rings is 1. The molecule has 21 heavy (non-hydrogen) atoms. The molecule has 1 aliphatic heterocycles. The minimum Gasteiger partial charge on any atom is -0.508 e. The Hall–Kier alpha value is -0.730. The van der Waals surface area contributed by atoms with Gasteiger partial charge < -0.3 is 5.11 Å². The average Bonchev–Trinajstić information content (AvgIpc) is 2.41. The molecule has 2 nitrogen and oxygen atoms in total. The Morgan fingerprint density at radius 1 is 1.33 bits per heavy atom. The van der Waals surface area contributed by atoms with E-state index in [1.165, 1.54) is 43.5 Å². The van der Waals surface area contributed by atoms with Crippen LogP contribution in [0.5, 0.6) is 5.75 Å². The van der Waals surface area contributed by atoms with Gasteiger partial charge in [0.05, 0.1) is 0 Å². The molecule has 0 bridgehead atoms. The monoisotopic (exact) mass is 309 g/mol. The molecule has 0 unspecified atom stereocenters. The van der Waals surface area contributed by atoms with E-state index in [4.69, 9.17) is 0 Å². The molecule has 0 saturated carbocycles. The van der Waals surface area contributed by atoms with Crippen LogP contribution in [-0.2, 0) is 11.8 Å². The van der Waals surface area contributed by atoms with Crippen LogP contribution in [-0.4, -0.2) is 29.1 Å². The molecule has 0 amide bonds. The van der Waals surface area contributed by atoms with Crippen molar-refractivity contribution in [2.75, 3.05) is 13.1 Å². The van der Waals surface area contributed by atoms with E-state index in [2.05, 4.69) is 31.7 Å². The first-order valence-corrected chi connectivity index (χ1v) is 8.10. The molecule has 3 heteroatoms. The molecule has 1 aliphatic carbocycles. The number of halogens is 1. The number of fused-ring (bicyclic) bond motifs is 2. The second-order valence-corrected chi connectivity index (χ2v) is 7.12. The average molecular weight is 310 g/mol. The third kappa shape index (κ3) is 2.80. The fourth-order valence-corrected chi connectivity index (χ4v) is 4.57. The van der Waals surface area contributed by atoms with Crippen molar-refractivity contribution in [1.29, 1.82) is 0 Å². The Balaban J connectivity index is 0.00000161. The summed E-state index contributed by atoms with van der Waals surface area (Å²) in [6, 6.07) is 6.68. The molecular formula is C18H28ClNO. The molecule has 2 aliphatic rings. The van der Waals surface area contributed by atoms with Gasteiger partial charge in [0.15, 0.2) is 0 Å². The van der Waals surface area contributed by atoms with Crippen LogP contribution in [0.3, 0.4) is 0 Å². The van der Waals surface area contributed by atoms with E-state index in [9.17, 15) is 5.11 Å². The van der Waals surface area contributed by atoms with Crippen molar-refractivity contribution in [2.45, 2.75) is 57.9 Å². The number of hydrogen-bond donors (Lipinski definition) is 1. The summed E-state index contributed by atoms with van der Waals surface area (Å²) in [5.41, 5.74) is 2.98. The highest BCUT2D eigenvalue weighted by molar-refractivity contribution is 5.85. The predicted molar refractivity (Wildman–Crippen MR) is 90.5 cm³/mol. The standard InChI is InChI=1S/C18H27NO.ClH/c1-4-9-19-10-5-6-15-17(19)11-13-7-8-14(20)12-16(13)18(15,2)3;/h7-8,12,15,17,20H,4-6,9-11H2,1-3H3;1H/t15-,17+;/m1./s1. The number of rotatable bonds is 2. The summed E-state index contributed by atoms with van der Waals surface area (Å²) in [5.74, 6) is 1.13. The molecule has 1 aromatic rings. The highest BCUT2D eigenvalue weighted by Crippen LogP contribution is 2.47. The van der Waals surface area contributed by atoms with Gasteiger partial charge in [-0.05, 0) is 73.4 Å². The van der Waals surface area contributed by atoms with Gasteiger partial charge in [0.25, 0.3) is 0 Å². The van der Waals surface area contributed by atoms with Gasteiger partial charge in [0, 0.05) is 6.04 Å². The minimum atomic E-state index is 0. The number of hydrogen-bond acceptors (Lipinski definition) is 2. The predicted octanol–water partition coefficient (Wildman–Crippen LogP) is 4.14. The topological polar surface area (TPSA) is 23.5 Å². The maximum absolute atomic E-state index is 9.84. The van der Waals surface area contributed by atoms with E-state index in [1.54, 1.807) is 0 Å². The van der Waals surface area contributed by atoms with Crippen molar-refractivity contribution in [3.8, 4) is 5.75 Å². The molecule has 118 valence electrons. The van der Waals surface area contributed by atoms with Crippen LogP contribution in [0, 0.1) is 5.92 Å². The Morgan fingerprint density at radius 3 is 2.81 bits per heavy atom. The molecule has 1 saturated heterocycles. The zero-order chi connectivity index (χ0) is 14.3. The molecule has 1 aromatic carbocycles. The summed E-state index contributed by atoms with van der Waals surface area (Å²) in [7, 11) is 0. The lowest BCUT2D eigenvalue weighted by atomic mass is 9.60.